The smallest absolute Gasteiger partial charge is 0.187 e. The Morgan fingerprint density at radius 3 is 2.28 bits per heavy atom. The molecule has 2 atom stereocenters. The van der Waals surface area contributed by atoms with Crippen LogP contribution >= 0.6 is 0 Å². The Morgan fingerprint density at radius 2 is 1.66 bits per heavy atom. The Kier molecular flexibility index (Phi) is 6.08. The lowest BCUT2D eigenvalue weighted by Crippen LogP contribution is -2.43. The molecule has 0 saturated carbocycles. The van der Waals surface area contributed by atoms with Crippen LogP contribution in [0.3, 0.4) is 0 Å². The standard InChI is InChI=1S/C21H27NO5S2/c1-14-5-7-17(8-6-14)11-22-18-12-28(23,24)13-21(18)29(25,26)20-10-16(3)15(2)9-19(20)27-4/h5-10,18,21-22H,11-13H2,1-4H3/t18-,21-/m1/s1. The van der Waals surface area contributed by atoms with Crippen molar-refractivity contribution in [3.8, 4) is 5.75 Å². The summed E-state index contributed by atoms with van der Waals surface area (Å²) in [6, 6.07) is 10.4. The van der Waals surface area contributed by atoms with E-state index in [0.29, 0.717) is 6.54 Å². The number of methoxy groups -OCH3 is 1. The highest BCUT2D eigenvalue weighted by Gasteiger charge is 2.46. The molecule has 0 bridgehead atoms. The topological polar surface area (TPSA) is 89.5 Å². The Morgan fingerprint density at radius 1 is 1.03 bits per heavy atom. The van der Waals surface area contributed by atoms with Crippen LogP contribution in [0.5, 0.6) is 5.75 Å². The molecule has 3 rings (SSSR count). The van der Waals surface area contributed by atoms with Gasteiger partial charge in [0.1, 0.15) is 10.6 Å². The molecule has 0 aliphatic carbocycles. The van der Waals surface area contributed by atoms with Gasteiger partial charge in [0.2, 0.25) is 0 Å². The van der Waals surface area contributed by atoms with Gasteiger partial charge in [-0.2, -0.15) is 0 Å². The van der Waals surface area contributed by atoms with E-state index in [1.165, 1.54) is 7.11 Å². The molecule has 6 nitrogen and oxygen atoms in total. The number of nitrogens with one attached hydrogen (secondary N) is 1. The highest BCUT2D eigenvalue weighted by atomic mass is 32.2. The lowest BCUT2D eigenvalue weighted by atomic mass is 10.1. The first-order valence-corrected chi connectivity index (χ1v) is 12.8. The zero-order valence-corrected chi connectivity index (χ0v) is 18.7. The maximum absolute atomic E-state index is 13.4. The molecule has 1 N–H and O–H groups in total. The van der Waals surface area contributed by atoms with Crippen molar-refractivity contribution in [3.05, 3.63) is 58.7 Å². The van der Waals surface area contributed by atoms with Crippen molar-refractivity contribution in [2.75, 3.05) is 18.6 Å². The van der Waals surface area contributed by atoms with E-state index in [4.69, 9.17) is 4.74 Å². The molecular formula is C21H27NO5S2. The normalized spacial score (nSPS) is 21.2. The summed E-state index contributed by atoms with van der Waals surface area (Å²) in [5, 5.41) is 2.10. The lowest BCUT2D eigenvalue weighted by molar-refractivity contribution is 0.401. The molecule has 8 heteroatoms. The Labute approximate surface area is 173 Å². The van der Waals surface area contributed by atoms with Gasteiger partial charge in [0, 0.05) is 12.6 Å². The Bertz CT molecular complexity index is 1110. The van der Waals surface area contributed by atoms with Crippen LogP contribution in [-0.4, -0.2) is 46.7 Å². The van der Waals surface area contributed by atoms with E-state index in [9.17, 15) is 16.8 Å². The van der Waals surface area contributed by atoms with Crippen molar-refractivity contribution in [3.63, 3.8) is 0 Å². The molecule has 1 aliphatic rings. The van der Waals surface area contributed by atoms with E-state index < -0.39 is 36.7 Å². The minimum atomic E-state index is -3.92. The summed E-state index contributed by atoms with van der Waals surface area (Å²) in [5.74, 6) is -0.345. The van der Waals surface area contributed by atoms with Gasteiger partial charge in [-0.1, -0.05) is 29.8 Å². The number of rotatable bonds is 6. The molecular weight excluding hydrogens is 410 g/mol. The summed E-state index contributed by atoms with van der Waals surface area (Å²) in [6.07, 6.45) is 0. The first kappa shape index (κ1) is 21.8. The first-order valence-electron chi connectivity index (χ1n) is 9.42. The molecule has 1 heterocycles. The van der Waals surface area contributed by atoms with Gasteiger partial charge < -0.3 is 10.1 Å². The van der Waals surface area contributed by atoms with Crippen molar-refractivity contribution < 1.29 is 21.6 Å². The predicted molar refractivity (Wildman–Crippen MR) is 114 cm³/mol. The predicted octanol–water partition coefficient (Wildman–Crippen LogP) is 2.35. The second-order valence-corrected chi connectivity index (χ2v) is 12.0. The third kappa shape index (κ3) is 4.65. The van der Waals surface area contributed by atoms with Crippen molar-refractivity contribution in [2.45, 2.75) is 43.5 Å². The van der Waals surface area contributed by atoms with Gasteiger partial charge in [-0.25, -0.2) is 16.8 Å². The van der Waals surface area contributed by atoms with Crippen LogP contribution < -0.4 is 10.1 Å². The number of sulfone groups is 2. The van der Waals surface area contributed by atoms with Gasteiger partial charge in [-0.05, 0) is 49.6 Å². The van der Waals surface area contributed by atoms with E-state index in [0.717, 1.165) is 22.3 Å². The summed E-state index contributed by atoms with van der Waals surface area (Å²) in [4.78, 5) is 0.0485. The summed E-state index contributed by atoms with van der Waals surface area (Å²) >= 11 is 0. The number of hydrogen-bond acceptors (Lipinski definition) is 6. The van der Waals surface area contributed by atoms with Gasteiger partial charge in [0.25, 0.3) is 0 Å². The van der Waals surface area contributed by atoms with Crippen LogP contribution in [0.2, 0.25) is 0 Å². The van der Waals surface area contributed by atoms with Gasteiger partial charge in [0.15, 0.2) is 19.7 Å². The minimum absolute atomic E-state index is 0.0485. The highest BCUT2D eigenvalue weighted by molar-refractivity contribution is 7.96. The van der Waals surface area contributed by atoms with Crippen molar-refractivity contribution in [2.24, 2.45) is 0 Å². The van der Waals surface area contributed by atoms with E-state index in [1.54, 1.807) is 12.1 Å². The monoisotopic (exact) mass is 437 g/mol. The van der Waals surface area contributed by atoms with Crippen LogP contribution in [0.15, 0.2) is 41.3 Å². The van der Waals surface area contributed by atoms with Gasteiger partial charge in [-0.15, -0.1) is 0 Å². The minimum Gasteiger partial charge on any atom is -0.495 e. The van der Waals surface area contributed by atoms with Crippen molar-refractivity contribution in [1.29, 1.82) is 0 Å². The zero-order valence-electron chi connectivity index (χ0n) is 17.1. The molecule has 0 radical (unpaired) electrons. The fourth-order valence-electron chi connectivity index (χ4n) is 3.57. The quantitative estimate of drug-likeness (QED) is 0.746. The number of benzene rings is 2. The lowest BCUT2D eigenvalue weighted by Gasteiger charge is -2.22. The third-order valence-electron chi connectivity index (χ3n) is 5.47. The maximum Gasteiger partial charge on any atom is 0.187 e. The molecule has 1 aliphatic heterocycles. The molecule has 1 saturated heterocycles. The Hall–Kier alpha value is -1.90. The maximum atomic E-state index is 13.4. The molecule has 0 unspecified atom stereocenters. The Balaban J connectivity index is 1.93. The second-order valence-electron chi connectivity index (χ2n) is 7.72. The molecule has 2 aromatic carbocycles. The molecule has 0 aromatic heterocycles. The second kappa shape index (κ2) is 8.08. The molecule has 2 aromatic rings. The van der Waals surface area contributed by atoms with Crippen molar-refractivity contribution in [1.82, 2.24) is 5.32 Å². The van der Waals surface area contributed by atoms with E-state index in [1.807, 2.05) is 45.0 Å². The number of hydrogen-bond donors (Lipinski definition) is 1. The van der Waals surface area contributed by atoms with Crippen LogP contribution in [-0.2, 0) is 26.2 Å². The van der Waals surface area contributed by atoms with Gasteiger partial charge >= 0.3 is 0 Å². The zero-order chi connectivity index (χ0) is 21.4. The summed E-state index contributed by atoms with van der Waals surface area (Å²) < 4.78 is 56.9. The summed E-state index contributed by atoms with van der Waals surface area (Å²) in [6.45, 7) is 6.09. The number of aryl methyl sites for hydroxylation is 3. The van der Waals surface area contributed by atoms with E-state index >= 15 is 0 Å². The van der Waals surface area contributed by atoms with Gasteiger partial charge in [0.05, 0.1) is 23.9 Å². The van der Waals surface area contributed by atoms with E-state index in [2.05, 4.69) is 5.32 Å². The van der Waals surface area contributed by atoms with E-state index in [-0.39, 0.29) is 16.4 Å². The largest absolute Gasteiger partial charge is 0.495 e. The third-order valence-corrected chi connectivity index (χ3v) is 9.64. The fraction of sp³-hybridized carbons (Fsp3) is 0.429. The van der Waals surface area contributed by atoms with Crippen LogP contribution in [0, 0.1) is 20.8 Å². The van der Waals surface area contributed by atoms with Crippen molar-refractivity contribution >= 4 is 19.7 Å². The fourth-order valence-corrected chi connectivity index (χ4v) is 8.52. The average Bonchev–Trinajstić information content (AvgIpc) is 2.98. The average molecular weight is 438 g/mol. The number of ether oxygens (including phenoxy) is 1. The van der Waals surface area contributed by atoms with Crippen LogP contribution in [0.4, 0.5) is 0 Å². The van der Waals surface area contributed by atoms with Gasteiger partial charge in [-0.3, -0.25) is 0 Å². The SMILES string of the molecule is COc1cc(C)c(C)cc1S(=O)(=O)[C@@H]1CS(=O)(=O)C[C@H]1NCc1ccc(C)cc1. The molecule has 158 valence electrons. The molecule has 0 amide bonds. The summed E-state index contributed by atoms with van der Waals surface area (Å²) in [7, 11) is -5.97. The summed E-state index contributed by atoms with van der Waals surface area (Å²) in [5.41, 5.74) is 3.82. The van der Waals surface area contributed by atoms with Crippen LogP contribution in [0.25, 0.3) is 0 Å². The molecule has 1 fully saturated rings. The highest BCUT2D eigenvalue weighted by Crippen LogP contribution is 2.33. The first-order chi connectivity index (χ1) is 13.5. The van der Waals surface area contributed by atoms with Crippen LogP contribution in [0.1, 0.15) is 22.3 Å². The molecule has 0 spiro atoms. The molecule has 29 heavy (non-hydrogen) atoms.